The Bertz CT molecular complexity index is 784. The molecule has 0 bridgehead atoms. The average Bonchev–Trinajstić information content (AvgIpc) is 2.64. The second kappa shape index (κ2) is 6.97. The lowest BCUT2D eigenvalue weighted by atomic mass is 9.90. The predicted octanol–water partition coefficient (Wildman–Crippen LogP) is 5.67. The van der Waals surface area contributed by atoms with Crippen molar-refractivity contribution in [2.75, 3.05) is 7.11 Å². The van der Waals surface area contributed by atoms with E-state index in [4.69, 9.17) is 4.74 Å². The molecule has 0 heterocycles. The third kappa shape index (κ3) is 3.35. The fourth-order valence-electron chi connectivity index (χ4n) is 2.79. The third-order valence-corrected chi connectivity index (χ3v) is 4.02. The van der Waals surface area contributed by atoms with E-state index < -0.39 is 0 Å². The molecule has 0 saturated heterocycles. The molecule has 0 aliphatic rings. The molecule has 0 saturated carbocycles. The van der Waals surface area contributed by atoms with Crippen LogP contribution in [0, 0.1) is 0 Å². The van der Waals surface area contributed by atoms with Crippen molar-refractivity contribution in [1.29, 1.82) is 0 Å². The molecule has 1 heteroatoms. The highest BCUT2D eigenvalue weighted by Gasteiger charge is 2.10. The minimum absolute atomic E-state index is 0.874. The van der Waals surface area contributed by atoms with Gasteiger partial charge in [0.15, 0.2) is 0 Å². The van der Waals surface area contributed by atoms with E-state index in [1.165, 1.54) is 27.8 Å². The Hall–Kier alpha value is -2.80. The summed E-state index contributed by atoms with van der Waals surface area (Å²) in [4.78, 5) is 0. The Kier molecular flexibility index (Phi) is 4.58. The topological polar surface area (TPSA) is 9.23 Å². The molecule has 0 N–H and O–H groups in total. The van der Waals surface area contributed by atoms with E-state index in [2.05, 4.69) is 67.6 Å². The van der Waals surface area contributed by atoms with Crippen LogP contribution in [0.3, 0.4) is 0 Å². The smallest absolute Gasteiger partial charge is 0.118 e. The lowest BCUT2D eigenvalue weighted by Gasteiger charge is -2.14. The molecule has 0 aromatic heterocycles. The van der Waals surface area contributed by atoms with Gasteiger partial charge in [0.2, 0.25) is 0 Å². The molecule has 0 unspecified atom stereocenters. The molecule has 0 fully saturated rings. The van der Waals surface area contributed by atoms with Gasteiger partial charge in [-0.2, -0.15) is 0 Å². The monoisotopic (exact) mass is 300 g/mol. The first-order valence-corrected chi connectivity index (χ1v) is 7.76. The van der Waals surface area contributed by atoms with Crippen LogP contribution in [0.4, 0.5) is 0 Å². The van der Waals surface area contributed by atoms with E-state index in [1.807, 2.05) is 24.3 Å². The van der Waals surface area contributed by atoms with Crippen LogP contribution in [0.2, 0.25) is 0 Å². The van der Waals surface area contributed by atoms with Crippen LogP contribution in [0.15, 0.2) is 84.9 Å². The van der Waals surface area contributed by atoms with E-state index in [-0.39, 0.29) is 0 Å². The first-order valence-electron chi connectivity index (χ1n) is 7.76. The van der Waals surface area contributed by atoms with Crippen molar-refractivity contribution < 1.29 is 4.74 Å². The van der Waals surface area contributed by atoms with Crippen LogP contribution in [0.25, 0.3) is 11.1 Å². The maximum atomic E-state index is 5.28. The molecule has 0 atom stereocenters. The first-order chi connectivity index (χ1) is 11.3. The van der Waals surface area contributed by atoms with E-state index in [0.717, 1.165) is 5.75 Å². The summed E-state index contributed by atoms with van der Waals surface area (Å²) in [5.41, 5.74) is 6.17. The van der Waals surface area contributed by atoms with Crippen LogP contribution >= 0.6 is 0 Å². The summed E-state index contributed by atoms with van der Waals surface area (Å²) in [5.74, 6) is 0.874. The minimum Gasteiger partial charge on any atom is -0.497 e. The number of rotatable bonds is 4. The maximum Gasteiger partial charge on any atom is 0.118 e. The predicted molar refractivity (Wildman–Crippen MR) is 97.5 cm³/mol. The summed E-state index contributed by atoms with van der Waals surface area (Å²) in [6.07, 6.45) is 0. The summed E-state index contributed by atoms with van der Waals surface area (Å²) in [7, 11) is 1.69. The summed E-state index contributed by atoms with van der Waals surface area (Å²) < 4.78 is 5.28. The van der Waals surface area contributed by atoms with Crippen LogP contribution in [-0.2, 0) is 0 Å². The molecule has 3 rings (SSSR count). The van der Waals surface area contributed by atoms with Crippen LogP contribution in [0.5, 0.6) is 5.75 Å². The molecule has 0 radical (unpaired) electrons. The number of hydrogen-bond donors (Lipinski definition) is 0. The van der Waals surface area contributed by atoms with Crippen LogP contribution in [0.1, 0.15) is 23.6 Å². The van der Waals surface area contributed by atoms with E-state index in [0.29, 0.717) is 0 Å². The molecule has 0 spiro atoms. The van der Waals surface area contributed by atoms with E-state index >= 15 is 0 Å². The van der Waals surface area contributed by atoms with E-state index in [1.54, 1.807) is 7.11 Å². The summed E-state index contributed by atoms with van der Waals surface area (Å²) in [5, 5.41) is 0. The largest absolute Gasteiger partial charge is 0.497 e. The third-order valence-electron chi connectivity index (χ3n) is 4.02. The number of allylic oxidation sites excluding steroid dienone is 1. The maximum absolute atomic E-state index is 5.28. The lowest BCUT2D eigenvalue weighted by Crippen LogP contribution is -1.93. The number of methoxy groups -OCH3 is 1. The van der Waals surface area contributed by atoms with Gasteiger partial charge in [0.25, 0.3) is 0 Å². The molecular formula is C22H20O. The summed E-state index contributed by atoms with van der Waals surface area (Å²) >= 11 is 0. The van der Waals surface area contributed by atoms with Gasteiger partial charge in [-0.05, 0) is 46.9 Å². The SMILES string of the molecule is COc1ccc(C(=C(C)c2ccccc2)c2ccccc2)cc1. The molecule has 3 aromatic carbocycles. The fraction of sp³-hybridized carbons (Fsp3) is 0.0909. The molecule has 0 amide bonds. The molecule has 3 aromatic rings. The average molecular weight is 300 g/mol. The minimum atomic E-state index is 0.874. The van der Waals surface area contributed by atoms with Crippen LogP contribution < -0.4 is 4.74 Å². The summed E-state index contributed by atoms with van der Waals surface area (Å²) in [6.45, 7) is 2.18. The summed E-state index contributed by atoms with van der Waals surface area (Å²) in [6, 6.07) is 29.3. The molecule has 23 heavy (non-hydrogen) atoms. The van der Waals surface area contributed by atoms with Gasteiger partial charge in [-0.3, -0.25) is 0 Å². The molecule has 114 valence electrons. The van der Waals surface area contributed by atoms with Crippen molar-refractivity contribution in [3.8, 4) is 5.75 Å². The van der Waals surface area contributed by atoms with Gasteiger partial charge >= 0.3 is 0 Å². The highest BCUT2D eigenvalue weighted by molar-refractivity contribution is 5.97. The zero-order valence-corrected chi connectivity index (χ0v) is 13.5. The van der Waals surface area contributed by atoms with Gasteiger partial charge in [-0.1, -0.05) is 72.8 Å². The van der Waals surface area contributed by atoms with E-state index in [9.17, 15) is 0 Å². The zero-order valence-electron chi connectivity index (χ0n) is 13.5. The zero-order chi connectivity index (χ0) is 16.1. The number of ether oxygens (including phenoxy) is 1. The van der Waals surface area contributed by atoms with Crippen molar-refractivity contribution in [2.45, 2.75) is 6.92 Å². The first kappa shape index (κ1) is 15.1. The van der Waals surface area contributed by atoms with Gasteiger partial charge in [-0.25, -0.2) is 0 Å². The molecular weight excluding hydrogens is 280 g/mol. The van der Waals surface area contributed by atoms with Gasteiger partial charge in [0, 0.05) is 0 Å². The fourth-order valence-corrected chi connectivity index (χ4v) is 2.79. The van der Waals surface area contributed by atoms with Gasteiger partial charge < -0.3 is 4.74 Å². The number of hydrogen-bond acceptors (Lipinski definition) is 1. The van der Waals surface area contributed by atoms with Crippen molar-refractivity contribution in [3.63, 3.8) is 0 Å². The highest BCUT2D eigenvalue weighted by atomic mass is 16.5. The molecule has 0 aliphatic heterocycles. The Balaban J connectivity index is 2.18. The number of benzene rings is 3. The second-order valence-corrected chi connectivity index (χ2v) is 5.46. The van der Waals surface area contributed by atoms with Crippen LogP contribution in [-0.4, -0.2) is 7.11 Å². The molecule has 1 nitrogen and oxygen atoms in total. The van der Waals surface area contributed by atoms with Crippen molar-refractivity contribution >= 4 is 11.1 Å². The normalized spacial score (nSPS) is 11.7. The Morgan fingerprint density at radius 1 is 0.609 bits per heavy atom. The second-order valence-electron chi connectivity index (χ2n) is 5.46. The Labute approximate surface area is 137 Å². The lowest BCUT2D eigenvalue weighted by molar-refractivity contribution is 0.415. The standard InChI is InChI=1S/C22H20O/c1-17(18-9-5-3-6-10-18)22(19-11-7-4-8-12-19)20-13-15-21(23-2)16-14-20/h3-16H,1-2H3. The van der Waals surface area contributed by atoms with Crippen molar-refractivity contribution in [3.05, 3.63) is 102 Å². The van der Waals surface area contributed by atoms with Gasteiger partial charge in [0.05, 0.1) is 7.11 Å². The highest BCUT2D eigenvalue weighted by Crippen LogP contribution is 2.32. The van der Waals surface area contributed by atoms with Crippen molar-refractivity contribution in [2.24, 2.45) is 0 Å². The Morgan fingerprint density at radius 2 is 1.09 bits per heavy atom. The van der Waals surface area contributed by atoms with Gasteiger partial charge in [-0.15, -0.1) is 0 Å². The quantitative estimate of drug-likeness (QED) is 0.564. The Morgan fingerprint density at radius 3 is 1.61 bits per heavy atom. The molecule has 0 aliphatic carbocycles. The van der Waals surface area contributed by atoms with Crippen molar-refractivity contribution in [1.82, 2.24) is 0 Å². The van der Waals surface area contributed by atoms with Gasteiger partial charge in [0.1, 0.15) is 5.75 Å².